The van der Waals surface area contributed by atoms with Gasteiger partial charge in [0.1, 0.15) is 4.90 Å². The molecule has 0 aliphatic carbocycles. The monoisotopic (exact) mass is 298 g/mol. The van der Waals surface area contributed by atoms with Crippen molar-refractivity contribution in [2.45, 2.75) is 4.90 Å². The SMILES string of the molecule is COC[C@]12COC[C@H]1CN(S(=O)(=O)c1cccnc1)C2. The first-order valence-electron chi connectivity index (χ1n) is 6.55. The average molecular weight is 298 g/mol. The molecule has 6 nitrogen and oxygen atoms in total. The maximum Gasteiger partial charge on any atom is 0.244 e. The second-order valence-electron chi connectivity index (χ2n) is 5.49. The van der Waals surface area contributed by atoms with Gasteiger partial charge >= 0.3 is 0 Å². The number of rotatable bonds is 4. The maximum atomic E-state index is 12.6. The lowest BCUT2D eigenvalue weighted by molar-refractivity contribution is 0.0601. The normalized spacial score (nSPS) is 30.6. The molecule has 110 valence electrons. The van der Waals surface area contributed by atoms with Gasteiger partial charge in [0.25, 0.3) is 0 Å². The Labute approximate surface area is 118 Å². The molecule has 2 atom stereocenters. The van der Waals surface area contributed by atoms with Crippen LogP contribution in [0, 0.1) is 11.3 Å². The molecule has 3 rings (SSSR count). The Kier molecular flexibility index (Phi) is 3.53. The third-order valence-electron chi connectivity index (χ3n) is 4.19. The van der Waals surface area contributed by atoms with Crippen molar-refractivity contribution in [3.05, 3.63) is 24.5 Å². The molecule has 0 spiro atoms. The van der Waals surface area contributed by atoms with E-state index in [1.54, 1.807) is 25.4 Å². The van der Waals surface area contributed by atoms with Crippen molar-refractivity contribution in [1.82, 2.24) is 9.29 Å². The highest BCUT2D eigenvalue weighted by Gasteiger charge is 2.53. The zero-order valence-electron chi connectivity index (χ0n) is 11.4. The van der Waals surface area contributed by atoms with Crippen LogP contribution < -0.4 is 0 Å². The third kappa shape index (κ3) is 2.14. The van der Waals surface area contributed by atoms with Gasteiger partial charge in [-0.2, -0.15) is 4.31 Å². The molecule has 2 fully saturated rings. The maximum absolute atomic E-state index is 12.6. The molecular weight excluding hydrogens is 280 g/mol. The summed E-state index contributed by atoms with van der Waals surface area (Å²) in [5, 5.41) is 0. The predicted molar refractivity (Wildman–Crippen MR) is 71.6 cm³/mol. The number of nitrogens with zero attached hydrogens (tertiary/aromatic N) is 2. The van der Waals surface area contributed by atoms with Crippen LogP contribution in [0.2, 0.25) is 0 Å². The molecule has 0 aromatic carbocycles. The van der Waals surface area contributed by atoms with Crippen LogP contribution in [0.1, 0.15) is 0 Å². The fourth-order valence-corrected chi connectivity index (χ4v) is 4.65. The van der Waals surface area contributed by atoms with E-state index in [1.165, 1.54) is 10.5 Å². The molecule has 0 radical (unpaired) electrons. The van der Waals surface area contributed by atoms with Gasteiger partial charge in [-0.15, -0.1) is 0 Å². The molecule has 0 bridgehead atoms. The van der Waals surface area contributed by atoms with Crippen molar-refractivity contribution in [1.29, 1.82) is 0 Å². The summed E-state index contributed by atoms with van der Waals surface area (Å²) >= 11 is 0. The zero-order chi connectivity index (χ0) is 14.2. The van der Waals surface area contributed by atoms with Crippen molar-refractivity contribution in [2.24, 2.45) is 11.3 Å². The fraction of sp³-hybridized carbons (Fsp3) is 0.615. The molecule has 0 unspecified atom stereocenters. The standard InChI is InChI=1S/C13H18N2O4S/c1-18-9-13-8-15(6-11(13)7-19-10-13)20(16,17)12-3-2-4-14-5-12/h2-5,11H,6-10H2,1H3/t11-,13-/m1/s1. The lowest BCUT2D eigenvalue weighted by atomic mass is 9.82. The van der Waals surface area contributed by atoms with Gasteiger partial charge in [0.15, 0.2) is 0 Å². The molecule has 3 heterocycles. The van der Waals surface area contributed by atoms with E-state index in [0.717, 1.165) is 0 Å². The zero-order valence-corrected chi connectivity index (χ0v) is 12.2. The first-order chi connectivity index (χ1) is 9.58. The number of aromatic nitrogens is 1. The van der Waals surface area contributed by atoms with E-state index in [-0.39, 0.29) is 16.2 Å². The van der Waals surface area contributed by atoms with E-state index in [4.69, 9.17) is 9.47 Å². The number of hydrogen-bond donors (Lipinski definition) is 0. The van der Waals surface area contributed by atoms with Gasteiger partial charge in [-0.1, -0.05) is 0 Å². The molecule has 20 heavy (non-hydrogen) atoms. The van der Waals surface area contributed by atoms with E-state index in [9.17, 15) is 8.42 Å². The Balaban J connectivity index is 1.87. The average Bonchev–Trinajstić information content (AvgIpc) is 2.97. The highest BCUT2D eigenvalue weighted by molar-refractivity contribution is 7.89. The number of fused-ring (bicyclic) bond motifs is 1. The van der Waals surface area contributed by atoms with Gasteiger partial charge in [-0.25, -0.2) is 8.42 Å². The molecule has 1 aromatic heterocycles. The molecular formula is C13H18N2O4S. The minimum absolute atomic E-state index is 0.203. The van der Waals surface area contributed by atoms with Crippen LogP contribution in [0.5, 0.6) is 0 Å². The van der Waals surface area contributed by atoms with Gasteiger partial charge in [-0.05, 0) is 12.1 Å². The van der Waals surface area contributed by atoms with Crippen LogP contribution in [0.15, 0.2) is 29.4 Å². The van der Waals surface area contributed by atoms with Crippen LogP contribution in [0.3, 0.4) is 0 Å². The van der Waals surface area contributed by atoms with Crippen molar-refractivity contribution in [3.8, 4) is 0 Å². The molecule has 2 aliphatic heterocycles. The number of pyridine rings is 1. The van der Waals surface area contributed by atoms with E-state index < -0.39 is 10.0 Å². The summed E-state index contributed by atoms with van der Waals surface area (Å²) in [4.78, 5) is 4.14. The lowest BCUT2D eigenvalue weighted by Gasteiger charge is -2.25. The Hall–Kier alpha value is -1.02. The highest BCUT2D eigenvalue weighted by Crippen LogP contribution is 2.43. The predicted octanol–water partition coefficient (Wildman–Crippen LogP) is 0.365. The summed E-state index contributed by atoms with van der Waals surface area (Å²) in [6, 6.07) is 3.22. The van der Waals surface area contributed by atoms with Gasteiger partial charge in [0, 0.05) is 43.9 Å². The lowest BCUT2D eigenvalue weighted by Crippen LogP contribution is -2.37. The van der Waals surface area contributed by atoms with Crippen molar-refractivity contribution in [2.75, 3.05) is 40.0 Å². The summed E-state index contributed by atoms with van der Waals surface area (Å²) < 4.78 is 37.6. The van der Waals surface area contributed by atoms with Crippen LogP contribution in [-0.4, -0.2) is 57.7 Å². The van der Waals surface area contributed by atoms with Crippen molar-refractivity contribution < 1.29 is 17.9 Å². The summed E-state index contributed by atoms with van der Waals surface area (Å²) in [5.41, 5.74) is -0.204. The van der Waals surface area contributed by atoms with E-state index >= 15 is 0 Å². The number of methoxy groups -OCH3 is 1. The summed E-state index contributed by atoms with van der Waals surface area (Å²) in [6.45, 7) is 2.62. The fourth-order valence-electron chi connectivity index (χ4n) is 3.11. The minimum Gasteiger partial charge on any atom is -0.384 e. The first kappa shape index (κ1) is 13.9. The molecule has 2 aliphatic rings. The van der Waals surface area contributed by atoms with Crippen LogP contribution in [-0.2, 0) is 19.5 Å². The third-order valence-corrected chi connectivity index (χ3v) is 5.99. The Morgan fingerprint density at radius 2 is 2.45 bits per heavy atom. The molecule has 1 aromatic rings. The van der Waals surface area contributed by atoms with Gasteiger partial charge in [0.05, 0.1) is 19.8 Å². The largest absolute Gasteiger partial charge is 0.384 e. The minimum atomic E-state index is -3.48. The molecule has 0 amide bonds. The topological polar surface area (TPSA) is 68.7 Å². The van der Waals surface area contributed by atoms with Crippen molar-refractivity contribution >= 4 is 10.0 Å². The molecule has 0 N–H and O–H groups in total. The van der Waals surface area contributed by atoms with E-state index in [2.05, 4.69) is 4.98 Å². The molecule has 2 saturated heterocycles. The van der Waals surface area contributed by atoms with E-state index in [0.29, 0.717) is 32.9 Å². The van der Waals surface area contributed by atoms with Crippen molar-refractivity contribution in [3.63, 3.8) is 0 Å². The molecule has 7 heteroatoms. The molecule has 0 saturated carbocycles. The Morgan fingerprint density at radius 3 is 3.15 bits per heavy atom. The number of hydrogen-bond acceptors (Lipinski definition) is 5. The quantitative estimate of drug-likeness (QED) is 0.803. The smallest absolute Gasteiger partial charge is 0.244 e. The summed E-state index contributed by atoms with van der Waals surface area (Å²) in [6.07, 6.45) is 2.96. The van der Waals surface area contributed by atoms with Gasteiger partial charge < -0.3 is 9.47 Å². The highest BCUT2D eigenvalue weighted by atomic mass is 32.2. The Morgan fingerprint density at radius 1 is 1.60 bits per heavy atom. The second kappa shape index (κ2) is 5.07. The summed E-state index contributed by atoms with van der Waals surface area (Å²) in [7, 11) is -1.84. The van der Waals surface area contributed by atoms with Crippen LogP contribution in [0.25, 0.3) is 0 Å². The van der Waals surface area contributed by atoms with E-state index in [1.807, 2.05) is 0 Å². The second-order valence-corrected chi connectivity index (χ2v) is 7.43. The number of ether oxygens (including phenoxy) is 2. The van der Waals surface area contributed by atoms with Gasteiger partial charge in [0.2, 0.25) is 10.0 Å². The van der Waals surface area contributed by atoms with Crippen LogP contribution >= 0.6 is 0 Å². The van der Waals surface area contributed by atoms with Crippen LogP contribution in [0.4, 0.5) is 0 Å². The Bertz CT molecular complexity index is 577. The summed E-state index contributed by atoms with van der Waals surface area (Å²) in [5.74, 6) is 0.203. The first-order valence-corrected chi connectivity index (χ1v) is 7.99. The van der Waals surface area contributed by atoms with Gasteiger partial charge in [-0.3, -0.25) is 4.98 Å². The number of sulfonamides is 1.